The van der Waals surface area contributed by atoms with Gasteiger partial charge in [-0.25, -0.2) is 14.6 Å². The first kappa shape index (κ1) is 19.8. The van der Waals surface area contributed by atoms with Gasteiger partial charge in [-0.1, -0.05) is 27.2 Å². The predicted molar refractivity (Wildman–Crippen MR) is 97.5 cm³/mol. The maximum absolute atomic E-state index is 12.2. The highest BCUT2D eigenvalue weighted by atomic mass is 32.2. The lowest BCUT2D eigenvalue weighted by Gasteiger charge is -2.36. The molecule has 0 unspecified atom stereocenters. The number of nitrogens with zero attached hydrogens (tertiary/aromatic N) is 1. The molecular weight excluding hydrogens is 338 g/mol. The zero-order chi connectivity index (χ0) is 18.4. The van der Waals surface area contributed by atoms with Crippen LogP contribution in [0.3, 0.4) is 0 Å². The summed E-state index contributed by atoms with van der Waals surface area (Å²) in [6.07, 6.45) is 6.49. The quantitative estimate of drug-likeness (QED) is 0.561. The van der Waals surface area contributed by atoms with E-state index in [2.05, 4.69) is 25.8 Å². The summed E-state index contributed by atoms with van der Waals surface area (Å²) in [6.45, 7) is 6.14. The van der Waals surface area contributed by atoms with Crippen LogP contribution in [0.25, 0.3) is 0 Å². The zero-order valence-corrected chi connectivity index (χ0v) is 16.2. The summed E-state index contributed by atoms with van der Waals surface area (Å²) in [5.74, 6) is 0.360. The van der Waals surface area contributed by atoms with Crippen molar-refractivity contribution in [3.8, 4) is 0 Å². The lowest BCUT2D eigenvalue weighted by molar-refractivity contribution is -0.159. The lowest BCUT2D eigenvalue weighted by Crippen LogP contribution is -2.36. The Bertz CT molecular complexity index is 605. The van der Waals surface area contributed by atoms with Crippen molar-refractivity contribution >= 4 is 23.7 Å². The van der Waals surface area contributed by atoms with Gasteiger partial charge < -0.3 is 9.47 Å². The number of pyridine rings is 1. The first-order chi connectivity index (χ1) is 11.9. The monoisotopic (exact) mass is 365 g/mol. The molecule has 0 saturated heterocycles. The van der Waals surface area contributed by atoms with Gasteiger partial charge in [-0.2, -0.15) is 0 Å². The Labute approximate surface area is 153 Å². The third kappa shape index (κ3) is 5.46. The van der Waals surface area contributed by atoms with Gasteiger partial charge in [0, 0.05) is 6.20 Å². The van der Waals surface area contributed by atoms with E-state index in [4.69, 9.17) is 9.47 Å². The molecule has 0 N–H and O–H groups in total. The third-order valence-electron chi connectivity index (χ3n) is 4.75. The molecule has 0 radical (unpaired) electrons. The maximum Gasteiger partial charge on any atom is 0.344 e. The van der Waals surface area contributed by atoms with Gasteiger partial charge >= 0.3 is 11.9 Å². The molecule has 6 heteroatoms. The Hall–Kier alpha value is -1.56. The number of hydrogen-bond donors (Lipinski definition) is 0. The standard InChI is InChI=1S/C19H27NO4S/c1-12(2)14-8-7-13(3)10-16(14)24-17(21)11-23-19(22)15-6-5-9-20-18(15)25-4/h5-6,9,12-14,16H,7-8,10-11H2,1-4H3/t13-,14-,16+/m1/s1. The highest BCUT2D eigenvalue weighted by Crippen LogP contribution is 2.35. The zero-order valence-electron chi connectivity index (χ0n) is 15.4. The fourth-order valence-corrected chi connectivity index (χ4v) is 3.90. The highest BCUT2D eigenvalue weighted by Gasteiger charge is 2.33. The Morgan fingerprint density at radius 1 is 1.36 bits per heavy atom. The van der Waals surface area contributed by atoms with Crippen LogP contribution in [0.1, 0.15) is 50.4 Å². The normalized spacial score (nSPS) is 23.3. The van der Waals surface area contributed by atoms with Gasteiger partial charge in [0.05, 0.1) is 5.56 Å². The van der Waals surface area contributed by atoms with E-state index in [1.54, 1.807) is 18.3 Å². The fourth-order valence-electron chi connectivity index (χ4n) is 3.36. The second-order valence-electron chi connectivity index (χ2n) is 6.99. The molecule has 0 amide bonds. The summed E-state index contributed by atoms with van der Waals surface area (Å²) in [5, 5.41) is 0.585. The third-order valence-corrected chi connectivity index (χ3v) is 5.46. The molecule has 1 saturated carbocycles. The van der Waals surface area contributed by atoms with E-state index in [1.807, 2.05) is 6.26 Å². The number of carbonyl (C=O) groups excluding carboxylic acids is 2. The van der Waals surface area contributed by atoms with E-state index >= 15 is 0 Å². The number of esters is 2. The van der Waals surface area contributed by atoms with Crippen molar-refractivity contribution in [3.05, 3.63) is 23.9 Å². The Morgan fingerprint density at radius 3 is 2.80 bits per heavy atom. The molecule has 0 aromatic carbocycles. The van der Waals surface area contributed by atoms with Crippen LogP contribution in [0.4, 0.5) is 0 Å². The maximum atomic E-state index is 12.2. The summed E-state index contributed by atoms with van der Waals surface area (Å²) in [6, 6.07) is 3.31. The average Bonchev–Trinajstić information content (AvgIpc) is 2.59. The molecule has 0 aliphatic heterocycles. The number of aromatic nitrogens is 1. The van der Waals surface area contributed by atoms with Gasteiger partial charge in [-0.05, 0) is 49.0 Å². The van der Waals surface area contributed by atoms with Gasteiger partial charge in [0.15, 0.2) is 6.61 Å². The van der Waals surface area contributed by atoms with Crippen LogP contribution in [0.15, 0.2) is 23.4 Å². The van der Waals surface area contributed by atoms with Gasteiger partial charge in [-0.3, -0.25) is 0 Å². The largest absolute Gasteiger partial charge is 0.460 e. The van der Waals surface area contributed by atoms with Crippen LogP contribution in [0, 0.1) is 17.8 Å². The molecular formula is C19H27NO4S. The van der Waals surface area contributed by atoms with E-state index in [0.717, 1.165) is 12.8 Å². The Balaban J connectivity index is 1.90. The van der Waals surface area contributed by atoms with Crippen molar-refractivity contribution in [2.24, 2.45) is 17.8 Å². The van der Waals surface area contributed by atoms with Crippen molar-refractivity contribution in [3.63, 3.8) is 0 Å². The fraction of sp³-hybridized carbons (Fsp3) is 0.632. The molecule has 1 heterocycles. The number of thioether (sulfide) groups is 1. The van der Waals surface area contributed by atoms with E-state index in [1.165, 1.54) is 18.2 Å². The summed E-state index contributed by atoms with van der Waals surface area (Å²) in [7, 11) is 0. The van der Waals surface area contributed by atoms with Gasteiger partial charge in [-0.15, -0.1) is 11.8 Å². The minimum absolute atomic E-state index is 0.0879. The molecule has 25 heavy (non-hydrogen) atoms. The first-order valence-corrected chi connectivity index (χ1v) is 10.0. The average molecular weight is 365 g/mol. The summed E-state index contributed by atoms with van der Waals surface area (Å²) < 4.78 is 10.8. The smallest absolute Gasteiger partial charge is 0.344 e. The Morgan fingerprint density at radius 2 is 2.12 bits per heavy atom. The van der Waals surface area contributed by atoms with Gasteiger partial charge in [0.1, 0.15) is 11.1 Å². The molecule has 1 aliphatic rings. The number of rotatable bonds is 6. The predicted octanol–water partition coefficient (Wildman–Crippen LogP) is 3.96. The molecule has 3 atom stereocenters. The van der Waals surface area contributed by atoms with Crippen molar-refractivity contribution in [1.29, 1.82) is 0 Å². The van der Waals surface area contributed by atoms with E-state index in [-0.39, 0.29) is 12.7 Å². The molecule has 5 nitrogen and oxygen atoms in total. The molecule has 1 aromatic rings. The second-order valence-corrected chi connectivity index (χ2v) is 7.79. The summed E-state index contributed by atoms with van der Waals surface area (Å²) in [5.41, 5.74) is 0.370. The number of carbonyl (C=O) groups is 2. The van der Waals surface area contributed by atoms with Crippen molar-refractivity contribution in [2.75, 3.05) is 12.9 Å². The van der Waals surface area contributed by atoms with Crippen LogP contribution in [-0.2, 0) is 14.3 Å². The molecule has 1 aromatic heterocycles. The van der Waals surface area contributed by atoms with Crippen molar-refractivity contribution in [2.45, 2.75) is 51.2 Å². The van der Waals surface area contributed by atoms with Crippen LogP contribution in [0.2, 0.25) is 0 Å². The lowest BCUT2D eigenvalue weighted by atomic mass is 9.75. The Kier molecular flexibility index (Phi) is 7.29. The molecule has 2 rings (SSSR count). The molecule has 138 valence electrons. The van der Waals surface area contributed by atoms with E-state index in [0.29, 0.717) is 28.3 Å². The van der Waals surface area contributed by atoms with E-state index < -0.39 is 11.9 Å². The van der Waals surface area contributed by atoms with Crippen molar-refractivity contribution in [1.82, 2.24) is 4.98 Å². The van der Waals surface area contributed by atoms with Crippen molar-refractivity contribution < 1.29 is 19.1 Å². The topological polar surface area (TPSA) is 65.5 Å². The molecule has 1 aliphatic carbocycles. The summed E-state index contributed by atoms with van der Waals surface area (Å²) in [4.78, 5) is 28.4. The van der Waals surface area contributed by atoms with Gasteiger partial charge in [0.25, 0.3) is 0 Å². The highest BCUT2D eigenvalue weighted by molar-refractivity contribution is 7.98. The number of hydrogen-bond acceptors (Lipinski definition) is 6. The molecule has 0 bridgehead atoms. The first-order valence-electron chi connectivity index (χ1n) is 8.78. The van der Waals surface area contributed by atoms with Gasteiger partial charge in [0.2, 0.25) is 0 Å². The molecule has 1 fully saturated rings. The minimum Gasteiger partial charge on any atom is -0.460 e. The van der Waals surface area contributed by atoms with E-state index in [9.17, 15) is 9.59 Å². The van der Waals surface area contributed by atoms with Crippen LogP contribution < -0.4 is 0 Å². The van der Waals surface area contributed by atoms with Crippen LogP contribution in [0.5, 0.6) is 0 Å². The minimum atomic E-state index is -0.549. The number of ether oxygens (including phenoxy) is 2. The van der Waals surface area contributed by atoms with Crippen LogP contribution >= 0.6 is 11.8 Å². The molecule has 0 spiro atoms. The van der Waals surface area contributed by atoms with Crippen LogP contribution in [-0.4, -0.2) is 35.9 Å². The summed E-state index contributed by atoms with van der Waals surface area (Å²) >= 11 is 1.36. The second kappa shape index (κ2) is 9.22. The SMILES string of the molecule is CSc1ncccc1C(=O)OCC(=O)O[C@H]1C[C@H](C)CC[C@@H]1C(C)C.